The number of aliphatic hydroxyl groups excluding tert-OH is 1. The minimum absolute atomic E-state index is 0.134. The molecule has 3 N–H and O–H groups in total. The Morgan fingerprint density at radius 2 is 2.22 bits per heavy atom. The Bertz CT molecular complexity index is 345. The summed E-state index contributed by atoms with van der Waals surface area (Å²) in [6.45, 7) is 6.35. The summed E-state index contributed by atoms with van der Waals surface area (Å²) in [5.74, 6) is 0. The third-order valence-corrected chi connectivity index (χ3v) is 4.92. The molecule has 104 valence electrons. The lowest BCUT2D eigenvalue weighted by Gasteiger charge is -2.33. The number of hydrogen-bond acceptors (Lipinski definition) is 4. The molecule has 0 radical (unpaired) electrons. The molecule has 0 amide bonds. The Balaban J connectivity index is 2.88. The maximum Gasteiger partial charge on any atom is 0.0593 e. The fourth-order valence-electron chi connectivity index (χ4n) is 2.14. The van der Waals surface area contributed by atoms with Crippen molar-refractivity contribution in [3.05, 3.63) is 20.8 Å². The van der Waals surface area contributed by atoms with E-state index in [4.69, 9.17) is 10.8 Å². The van der Waals surface area contributed by atoms with Crippen LogP contribution < -0.4 is 5.73 Å². The number of rotatable bonds is 8. The zero-order chi connectivity index (χ0) is 13.5. The average Bonchev–Trinajstić information content (AvgIpc) is 2.79. The van der Waals surface area contributed by atoms with Gasteiger partial charge in [-0.05, 0) is 41.4 Å². The van der Waals surface area contributed by atoms with Gasteiger partial charge in [0.25, 0.3) is 0 Å². The lowest BCUT2D eigenvalue weighted by atomic mass is 10.0. The zero-order valence-corrected chi connectivity index (χ0v) is 13.5. The quantitative estimate of drug-likeness (QED) is 0.768. The van der Waals surface area contributed by atoms with Gasteiger partial charge in [0.1, 0.15) is 0 Å². The van der Waals surface area contributed by atoms with Gasteiger partial charge in [-0.2, -0.15) is 0 Å². The van der Waals surface area contributed by atoms with Crippen molar-refractivity contribution >= 4 is 27.3 Å². The number of halogens is 1. The van der Waals surface area contributed by atoms with E-state index in [0.717, 1.165) is 30.4 Å². The molecule has 1 aromatic heterocycles. The molecule has 2 unspecified atom stereocenters. The van der Waals surface area contributed by atoms with Crippen molar-refractivity contribution in [3.63, 3.8) is 0 Å². The van der Waals surface area contributed by atoms with Gasteiger partial charge in [0.05, 0.1) is 6.04 Å². The fraction of sp³-hybridized carbons (Fsp3) is 0.692. The first-order valence-electron chi connectivity index (χ1n) is 6.48. The van der Waals surface area contributed by atoms with Crippen LogP contribution in [0.2, 0.25) is 0 Å². The van der Waals surface area contributed by atoms with Crippen LogP contribution in [0.3, 0.4) is 0 Å². The monoisotopic (exact) mass is 334 g/mol. The van der Waals surface area contributed by atoms with Gasteiger partial charge in [-0.1, -0.05) is 13.8 Å². The molecule has 0 aliphatic rings. The van der Waals surface area contributed by atoms with Crippen LogP contribution in [0.15, 0.2) is 15.9 Å². The minimum Gasteiger partial charge on any atom is -0.396 e. The number of likely N-dealkylation sites (N-methyl/N-ethyl adjacent to an activating group) is 1. The molecule has 5 heteroatoms. The van der Waals surface area contributed by atoms with Gasteiger partial charge in [-0.25, -0.2) is 0 Å². The van der Waals surface area contributed by atoms with Crippen molar-refractivity contribution in [2.24, 2.45) is 5.73 Å². The summed E-state index contributed by atoms with van der Waals surface area (Å²) in [5.41, 5.74) is 6.29. The average molecular weight is 335 g/mol. The highest BCUT2D eigenvalue weighted by Crippen LogP contribution is 2.32. The van der Waals surface area contributed by atoms with Gasteiger partial charge in [-0.15, -0.1) is 11.3 Å². The number of hydrogen-bond donors (Lipinski definition) is 2. The number of thiophene rings is 1. The Labute approximate surface area is 122 Å². The fourth-order valence-corrected chi connectivity index (χ4v) is 3.79. The predicted octanol–water partition coefficient (Wildman–Crippen LogP) is 2.99. The van der Waals surface area contributed by atoms with Crippen LogP contribution in [0.1, 0.15) is 37.6 Å². The first-order chi connectivity index (χ1) is 8.63. The molecule has 0 saturated carbocycles. The molecule has 0 fully saturated rings. The molecule has 1 heterocycles. The molecule has 0 bridgehead atoms. The third-order valence-electron chi connectivity index (χ3n) is 3.16. The summed E-state index contributed by atoms with van der Waals surface area (Å²) in [5, 5.41) is 11.1. The van der Waals surface area contributed by atoms with Crippen molar-refractivity contribution in [1.29, 1.82) is 0 Å². The van der Waals surface area contributed by atoms with Gasteiger partial charge in [0.2, 0.25) is 0 Å². The van der Waals surface area contributed by atoms with E-state index in [1.54, 1.807) is 11.3 Å². The summed E-state index contributed by atoms with van der Waals surface area (Å²) in [4.78, 5) is 3.67. The number of nitrogens with zero attached hydrogens (tertiary/aromatic N) is 1. The standard InChI is InChI=1S/C13H23BrN2OS/c1-3-11(15)13(12-8-10(14)9-18-12)16(4-2)6-5-7-17/h8-9,11,13,17H,3-7,15H2,1-2H3. The second-order valence-corrected chi connectivity index (χ2v) is 6.25. The molecule has 3 nitrogen and oxygen atoms in total. The molecule has 0 aliphatic heterocycles. The van der Waals surface area contributed by atoms with Crippen LogP contribution in [0.4, 0.5) is 0 Å². The van der Waals surface area contributed by atoms with E-state index >= 15 is 0 Å². The van der Waals surface area contributed by atoms with E-state index < -0.39 is 0 Å². The van der Waals surface area contributed by atoms with Gasteiger partial charge in [0, 0.05) is 33.9 Å². The first kappa shape index (κ1) is 16.1. The smallest absolute Gasteiger partial charge is 0.0593 e. The first-order valence-corrected chi connectivity index (χ1v) is 8.15. The molecule has 0 spiro atoms. The van der Waals surface area contributed by atoms with Crippen molar-refractivity contribution in [3.8, 4) is 0 Å². The van der Waals surface area contributed by atoms with E-state index in [-0.39, 0.29) is 18.7 Å². The molecule has 2 atom stereocenters. The van der Waals surface area contributed by atoms with Crippen LogP contribution in [0.5, 0.6) is 0 Å². The van der Waals surface area contributed by atoms with Crippen LogP contribution in [-0.2, 0) is 0 Å². The van der Waals surface area contributed by atoms with Gasteiger partial charge in [0.15, 0.2) is 0 Å². The lowest BCUT2D eigenvalue weighted by molar-refractivity contribution is 0.162. The van der Waals surface area contributed by atoms with E-state index in [1.807, 2.05) is 0 Å². The minimum atomic E-state index is 0.134. The van der Waals surface area contributed by atoms with E-state index in [2.05, 4.69) is 46.1 Å². The molecule has 0 aromatic carbocycles. The van der Waals surface area contributed by atoms with Crippen molar-refractivity contribution < 1.29 is 5.11 Å². The normalized spacial score (nSPS) is 15.0. The highest BCUT2D eigenvalue weighted by atomic mass is 79.9. The molecule has 18 heavy (non-hydrogen) atoms. The second kappa shape index (κ2) is 8.27. The van der Waals surface area contributed by atoms with E-state index in [9.17, 15) is 0 Å². The summed E-state index contributed by atoms with van der Waals surface area (Å²) in [6.07, 6.45) is 1.75. The van der Waals surface area contributed by atoms with E-state index in [0.29, 0.717) is 0 Å². The maximum atomic E-state index is 9.00. The zero-order valence-electron chi connectivity index (χ0n) is 11.1. The van der Waals surface area contributed by atoms with Gasteiger partial charge in [-0.3, -0.25) is 4.90 Å². The number of nitrogens with two attached hydrogens (primary N) is 1. The molecule has 1 aromatic rings. The SMILES string of the molecule is CCC(N)C(c1cc(Br)cs1)N(CC)CCCO. The Morgan fingerprint density at radius 1 is 1.50 bits per heavy atom. The maximum absolute atomic E-state index is 9.00. The van der Waals surface area contributed by atoms with Crippen LogP contribution in [-0.4, -0.2) is 35.7 Å². The van der Waals surface area contributed by atoms with Gasteiger partial charge < -0.3 is 10.8 Å². The van der Waals surface area contributed by atoms with Gasteiger partial charge >= 0.3 is 0 Å². The highest BCUT2D eigenvalue weighted by molar-refractivity contribution is 9.10. The summed E-state index contributed by atoms with van der Waals surface area (Å²) in [6, 6.07) is 2.55. The molecule has 0 aliphatic carbocycles. The largest absolute Gasteiger partial charge is 0.396 e. The predicted molar refractivity (Wildman–Crippen MR) is 82.0 cm³/mol. The van der Waals surface area contributed by atoms with Crippen molar-refractivity contribution in [2.45, 2.75) is 38.8 Å². The Hall–Kier alpha value is 0.0600. The summed E-state index contributed by atoms with van der Waals surface area (Å²) >= 11 is 5.25. The van der Waals surface area contributed by atoms with Crippen molar-refractivity contribution in [2.75, 3.05) is 19.7 Å². The van der Waals surface area contributed by atoms with Crippen LogP contribution >= 0.6 is 27.3 Å². The third kappa shape index (κ3) is 4.31. The van der Waals surface area contributed by atoms with E-state index in [1.165, 1.54) is 4.88 Å². The molecular formula is C13H23BrN2OS. The van der Waals surface area contributed by atoms with Crippen LogP contribution in [0.25, 0.3) is 0 Å². The second-order valence-electron chi connectivity index (χ2n) is 4.39. The summed E-state index contributed by atoms with van der Waals surface area (Å²) < 4.78 is 1.12. The van der Waals surface area contributed by atoms with Crippen molar-refractivity contribution in [1.82, 2.24) is 4.90 Å². The number of aliphatic hydroxyl groups is 1. The molecule has 1 rings (SSSR count). The van der Waals surface area contributed by atoms with Crippen LogP contribution in [0, 0.1) is 0 Å². The topological polar surface area (TPSA) is 49.5 Å². The summed E-state index contributed by atoms with van der Waals surface area (Å²) in [7, 11) is 0. The highest BCUT2D eigenvalue weighted by Gasteiger charge is 2.25. The Kier molecular flexibility index (Phi) is 7.41. The lowest BCUT2D eigenvalue weighted by Crippen LogP contribution is -2.41. The Morgan fingerprint density at radius 3 is 2.67 bits per heavy atom. The molecule has 0 saturated heterocycles. The molecular weight excluding hydrogens is 312 g/mol.